The summed E-state index contributed by atoms with van der Waals surface area (Å²) in [7, 11) is 0. The molecule has 1 atom stereocenters. The summed E-state index contributed by atoms with van der Waals surface area (Å²) >= 11 is 0. The minimum atomic E-state index is -0.260. The van der Waals surface area contributed by atoms with E-state index in [1.807, 2.05) is 36.4 Å². The molecule has 0 amide bonds. The van der Waals surface area contributed by atoms with Crippen molar-refractivity contribution in [1.82, 2.24) is 0 Å². The normalized spacial score (nSPS) is 12.4. The van der Waals surface area contributed by atoms with Crippen molar-refractivity contribution >= 4 is 0 Å². The van der Waals surface area contributed by atoms with Crippen LogP contribution in [-0.4, -0.2) is 6.54 Å². The Bertz CT molecular complexity index is 511. The second-order valence-corrected chi connectivity index (χ2v) is 4.21. The van der Waals surface area contributed by atoms with Crippen molar-refractivity contribution < 1.29 is 4.39 Å². The van der Waals surface area contributed by atoms with Gasteiger partial charge in [-0.25, -0.2) is 4.39 Å². The predicted octanol–water partition coefficient (Wildman–Crippen LogP) is 2.38. The molecule has 4 N–H and O–H groups in total. The SMILES string of the molecule is NCc1c(F)cccc1C(CN)c1ccccc1. The van der Waals surface area contributed by atoms with Crippen molar-refractivity contribution in [1.29, 1.82) is 0 Å². The van der Waals surface area contributed by atoms with Gasteiger partial charge in [0.25, 0.3) is 0 Å². The molecule has 2 aromatic rings. The molecule has 0 saturated heterocycles. The van der Waals surface area contributed by atoms with E-state index in [-0.39, 0.29) is 18.3 Å². The number of halogens is 1. The lowest BCUT2D eigenvalue weighted by Gasteiger charge is -2.19. The smallest absolute Gasteiger partial charge is 0.127 e. The Hall–Kier alpha value is -1.71. The number of rotatable bonds is 4. The second-order valence-electron chi connectivity index (χ2n) is 4.21. The molecule has 2 aromatic carbocycles. The van der Waals surface area contributed by atoms with Gasteiger partial charge in [0.1, 0.15) is 5.82 Å². The first kappa shape index (κ1) is 12.7. The van der Waals surface area contributed by atoms with Crippen molar-refractivity contribution in [2.75, 3.05) is 6.54 Å². The highest BCUT2D eigenvalue weighted by Gasteiger charge is 2.17. The fraction of sp³-hybridized carbons (Fsp3) is 0.200. The zero-order chi connectivity index (χ0) is 13.0. The molecule has 2 rings (SSSR count). The lowest BCUT2D eigenvalue weighted by atomic mass is 9.88. The summed E-state index contributed by atoms with van der Waals surface area (Å²) in [6.07, 6.45) is 0. The van der Waals surface area contributed by atoms with Gasteiger partial charge in [-0.3, -0.25) is 0 Å². The minimum Gasteiger partial charge on any atom is -0.330 e. The molecule has 0 saturated carbocycles. The summed E-state index contributed by atoms with van der Waals surface area (Å²) in [4.78, 5) is 0. The van der Waals surface area contributed by atoms with E-state index >= 15 is 0 Å². The van der Waals surface area contributed by atoms with Gasteiger partial charge >= 0.3 is 0 Å². The molecule has 0 aliphatic heterocycles. The van der Waals surface area contributed by atoms with Crippen molar-refractivity contribution in [3.8, 4) is 0 Å². The third kappa shape index (κ3) is 2.42. The molecule has 94 valence electrons. The highest BCUT2D eigenvalue weighted by molar-refractivity contribution is 5.39. The van der Waals surface area contributed by atoms with Gasteiger partial charge < -0.3 is 11.5 Å². The average Bonchev–Trinajstić information content (AvgIpc) is 2.41. The van der Waals surface area contributed by atoms with Crippen LogP contribution < -0.4 is 11.5 Å². The van der Waals surface area contributed by atoms with Crippen LogP contribution >= 0.6 is 0 Å². The molecule has 0 aliphatic carbocycles. The lowest BCUT2D eigenvalue weighted by molar-refractivity contribution is 0.603. The van der Waals surface area contributed by atoms with Crippen molar-refractivity contribution in [3.05, 3.63) is 71.0 Å². The third-order valence-corrected chi connectivity index (χ3v) is 3.17. The van der Waals surface area contributed by atoms with Gasteiger partial charge in [0, 0.05) is 24.6 Å². The predicted molar refractivity (Wildman–Crippen MR) is 71.6 cm³/mol. The van der Waals surface area contributed by atoms with Crippen molar-refractivity contribution in [2.24, 2.45) is 11.5 Å². The maximum Gasteiger partial charge on any atom is 0.127 e. The number of hydrogen-bond acceptors (Lipinski definition) is 2. The largest absolute Gasteiger partial charge is 0.330 e. The highest BCUT2D eigenvalue weighted by atomic mass is 19.1. The van der Waals surface area contributed by atoms with Crippen LogP contribution in [0.4, 0.5) is 4.39 Å². The summed E-state index contributed by atoms with van der Waals surface area (Å²) in [5, 5.41) is 0. The lowest BCUT2D eigenvalue weighted by Crippen LogP contribution is -2.17. The van der Waals surface area contributed by atoms with Crippen LogP contribution in [0.3, 0.4) is 0 Å². The van der Waals surface area contributed by atoms with E-state index in [9.17, 15) is 4.39 Å². The third-order valence-electron chi connectivity index (χ3n) is 3.17. The van der Waals surface area contributed by atoms with Gasteiger partial charge in [0.15, 0.2) is 0 Å². The molecule has 0 heterocycles. The molecule has 2 nitrogen and oxygen atoms in total. The molecule has 3 heteroatoms. The molecule has 0 radical (unpaired) electrons. The van der Waals surface area contributed by atoms with Crippen LogP contribution in [0.1, 0.15) is 22.6 Å². The van der Waals surface area contributed by atoms with Gasteiger partial charge in [0.2, 0.25) is 0 Å². The summed E-state index contributed by atoms with van der Waals surface area (Å²) < 4.78 is 13.7. The van der Waals surface area contributed by atoms with Crippen LogP contribution in [0.25, 0.3) is 0 Å². The van der Waals surface area contributed by atoms with Crippen LogP contribution in [0.5, 0.6) is 0 Å². The van der Waals surface area contributed by atoms with Gasteiger partial charge in [0.05, 0.1) is 0 Å². The summed E-state index contributed by atoms with van der Waals surface area (Å²) in [6.45, 7) is 0.617. The Morgan fingerprint density at radius 2 is 1.67 bits per heavy atom. The Labute approximate surface area is 106 Å². The topological polar surface area (TPSA) is 52.0 Å². The minimum absolute atomic E-state index is 0.0135. The van der Waals surface area contributed by atoms with Gasteiger partial charge in [-0.1, -0.05) is 42.5 Å². The summed E-state index contributed by atoms with van der Waals surface area (Å²) in [5.41, 5.74) is 14.0. The van der Waals surface area contributed by atoms with E-state index in [0.29, 0.717) is 12.1 Å². The zero-order valence-electron chi connectivity index (χ0n) is 10.1. The molecular formula is C15H17FN2. The molecule has 18 heavy (non-hydrogen) atoms. The van der Waals surface area contributed by atoms with Crippen LogP contribution in [-0.2, 0) is 6.54 Å². The molecule has 0 aliphatic rings. The van der Waals surface area contributed by atoms with Crippen LogP contribution in [0.2, 0.25) is 0 Å². The van der Waals surface area contributed by atoms with E-state index in [4.69, 9.17) is 11.5 Å². The standard InChI is InChI=1S/C15H17FN2/c16-15-8-4-7-12(14(15)10-18)13(9-17)11-5-2-1-3-6-11/h1-8,13H,9-10,17-18H2. The number of nitrogens with two attached hydrogens (primary N) is 2. The van der Waals surface area contributed by atoms with E-state index < -0.39 is 0 Å². The fourth-order valence-electron chi connectivity index (χ4n) is 2.25. The van der Waals surface area contributed by atoms with E-state index in [1.165, 1.54) is 6.07 Å². The first-order chi connectivity index (χ1) is 8.77. The first-order valence-corrected chi connectivity index (χ1v) is 6.00. The van der Waals surface area contributed by atoms with E-state index in [1.54, 1.807) is 6.07 Å². The van der Waals surface area contributed by atoms with E-state index in [2.05, 4.69) is 0 Å². The quantitative estimate of drug-likeness (QED) is 0.867. The van der Waals surface area contributed by atoms with Crippen LogP contribution in [0.15, 0.2) is 48.5 Å². The van der Waals surface area contributed by atoms with Gasteiger partial charge in [-0.05, 0) is 17.2 Å². The molecule has 0 spiro atoms. The maximum atomic E-state index is 13.7. The Kier molecular flexibility index (Phi) is 4.07. The summed E-state index contributed by atoms with van der Waals surface area (Å²) in [6, 6.07) is 14.9. The molecule has 1 unspecified atom stereocenters. The second kappa shape index (κ2) is 5.76. The Morgan fingerprint density at radius 1 is 0.944 bits per heavy atom. The number of benzene rings is 2. The van der Waals surface area contributed by atoms with Gasteiger partial charge in [-0.15, -0.1) is 0 Å². The van der Waals surface area contributed by atoms with Crippen LogP contribution in [0, 0.1) is 5.82 Å². The summed E-state index contributed by atoms with van der Waals surface area (Å²) in [5.74, 6) is -0.273. The molecule has 0 aromatic heterocycles. The highest BCUT2D eigenvalue weighted by Crippen LogP contribution is 2.27. The average molecular weight is 244 g/mol. The monoisotopic (exact) mass is 244 g/mol. The molecule has 0 bridgehead atoms. The Balaban J connectivity index is 2.49. The van der Waals surface area contributed by atoms with Crippen molar-refractivity contribution in [2.45, 2.75) is 12.5 Å². The first-order valence-electron chi connectivity index (χ1n) is 6.00. The fourth-order valence-corrected chi connectivity index (χ4v) is 2.25. The zero-order valence-corrected chi connectivity index (χ0v) is 10.1. The van der Waals surface area contributed by atoms with E-state index in [0.717, 1.165) is 11.1 Å². The molecular weight excluding hydrogens is 227 g/mol. The van der Waals surface area contributed by atoms with Gasteiger partial charge in [-0.2, -0.15) is 0 Å². The Morgan fingerprint density at radius 3 is 2.28 bits per heavy atom. The molecule has 0 fully saturated rings. The maximum absolute atomic E-state index is 13.7. The van der Waals surface area contributed by atoms with Crippen molar-refractivity contribution in [3.63, 3.8) is 0 Å². The number of hydrogen-bond donors (Lipinski definition) is 2.